The summed E-state index contributed by atoms with van der Waals surface area (Å²) in [6.45, 7) is 6.54. The van der Waals surface area contributed by atoms with Crippen LogP contribution >= 0.6 is 0 Å². The summed E-state index contributed by atoms with van der Waals surface area (Å²) in [6.07, 6.45) is 0. The molecule has 0 aliphatic carbocycles. The van der Waals surface area contributed by atoms with Crippen LogP contribution in [0.1, 0.15) is 31.1 Å². The molecule has 0 atom stereocenters. The molecule has 0 saturated carbocycles. The van der Waals surface area contributed by atoms with Crippen LogP contribution in [0.3, 0.4) is 0 Å². The van der Waals surface area contributed by atoms with Gasteiger partial charge in [-0.3, -0.25) is 9.59 Å². The maximum absolute atomic E-state index is 12.8. The lowest BCUT2D eigenvalue weighted by Crippen LogP contribution is -2.42. The SMILES string of the molecule is CCN1C(=O)C(C)(C)COc2ccc(NC(=O)c3ccccc3)cc21. The summed E-state index contributed by atoms with van der Waals surface area (Å²) in [7, 11) is 0. The molecule has 1 heterocycles. The summed E-state index contributed by atoms with van der Waals surface area (Å²) in [5.41, 5.74) is 1.30. The van der Waals surface area contributed by atoms with Gasteiger partial charge in [0.1, 0.15) is 12.4 Å². The lowest BCUT2D eigenvalue weighted by atomic mass is 9.93. The molecule has 1 N–H and O–H groups in total. The Labute approximate surface area is 147 Å². The lowest BCUT2D eigenvalue weighted by molar-refractivity contribution is -0.127. The Kier molecular flexibility index (Phi) is 4.49. The largest absolute Gasteiger partial charge is 0.490 e. The van der Waals surface area contributed by atoms with E-state index in [1.54, 1.807) is 35.2 Å². The number of nitrogens with one attached hydrogen (secondary N) is 1. The Hall–Kier alpha value is -2.82. The predicted octanol–water partition coefficient (Wildman–Crippen LogP) is 3.71. The van der Waals surface area contributed by atoms with Gasteiger partial charge in [-0.15, -0.1) is 0 Å². The van der Waals surface area contributed by atoms with Crippen molar-refractivity contribution >= 4 is 23.2 Å². The van der Waals surface area contributed by atoms with Crippen LogP contribution in [0.2, 0.25) is 0 Å². The summed E-state index contributed by atoms with van der Waals surface area (Å²) >= 11 is 0. The molecule has 130 valence electrons. The van der Waals surface area contributed by atoms with E-state index in [1.165, 1.54) is 0 Å². The van der Waals surface area contributed by atoms with Crippen LogP contribution in [0.5, 0.6) is 5.75 Å². The third-order valence-corrected chi connectivity index (χ3v) is 4.27. The van der Waals surface area contributed by atoms with Gasteiger partial charge in [-0.2, -0.15) is 0 Å². The van der Waals surface area contributed by atoms with Crippen LogP contribution in [0.4, 0.5) is 11.4 Å². The number of fused-ring (bicyclic) bond motifs is 1. The summed E-state index contributed by atoms with van der Waals surface area (Å²) in [5.74, 6) is 0.476. The Balaban J connectivity index is 1.91. The molecule has 0 saturated heterocycles. The molecule has 0 bridgehead atoms. The third kappa shape index (κ3) is 3.36. The summed E-state index contributed by atoms with van der Waals surface area (Å²) in [4.78, 5) is 26.8. The Morgan fingerprint density at radius 1 is 1.20 bits per heavy atom. The van der Waals surface area contributed by atoms with Crippen LogP contribution < -0.4 is 15.0 Å². The number of hydrogen-bond acceptors (Lipinski definition) is 3. The molecule has 2 amide bonds. The smallest absolute Gasteiger partial charge is 0.255 e. The van der Waals surface area contributed by atoms with E-state index >= 15 is 0 Å². The fourth-order valence-electron chi connectivity index (χ4n) is 2.83. The maximum atomic E-state index is 12.8. The van der Waals surface area contributed by atoms with Crippen LogP contribution in [0.15, 0.2) is 48.5 Å². The molecule has 25 heavy (non-hydrogen) atoms. The first-order valence-corrected chi connectivity index (χ1v) is 8.37. The molecule has 2 aromatic rings. The second-order valence-corrected chi connectivity index (χ2v) is 6.72. The van der Waals surface area contributed by atoms with Crippen molar-refractivity contribution in [3.05, 3.63) is 54.1 Å². The first-order valence-electron chi connectivity index (χ1n) is 8.37. The number of carbonyl (C=O) groups excluding carboxylic acids is 2. The highest BCUT2D eigenvalue weighted by molar-refractivity contribution is 6.05. The van der Waals surface area contributed by atoms with E-state index in [4.69, 9.17) is 4.74 Å². The quantitative estimate of drug-likeness (QED) is 0.928. The molecule has 1 aliphatic rings. The molecule has 0 radical (unpaired) electrons. The van der Waals surface area contributed by atoms with Gasteiger partial charge in [0.05, 0.1) is 11.1 Å². The summed E-state index contributed by atoms with van der Waals surface area (Å²) < 4.78 is 5.84. The zero-order valence-corrected chi connectivity index (χ0v) is 14.7. The fourth-order valence-corrected chi connectivity index (χ4v) is 2.83. The highest BCUT2D eigenvalue weighted by Crippen LogP contribution is 2.38. The minimum Gasteiger partial charge on any atom is -0.490 e. The molecule has 0 unspecified atom stereocenters. The van der Waals surface area contributed by atoms with E-state index in [2.05, 4.69) is 5.32 Å². The van der Waals surface area contributed by atoms with Crippen LogP contribution in [-0.4, -0.2) is 25.0 Å². The van der Waals surface area contributed by atoms with Gasteiger partial charge in [0.2, 0.25) is 5.91 Å². The van der Waals surface area contributed by atoms with E-state index in [9.17, 15) is 9.59 Å². The molecule has 5 heteroatoms. The van der Waals surface area contributed by atoms with Crippen LogP contribution in [0, 0.1) is 5.41 Å². The van der Waals surface area contributed by atoms with Gasteiger partial charge in [0.15, 0.2) is 0 Å². The number of benzene rings is 2. The Morgan fingerprint density at radius 3 is 2.60 bits per heavy atom. The monoisotopic (exact) mass is 338 g/mol. The number of hydrogen-bond donors (Lipinski definition) is 1. The van der Waals surface area contributed by atoms with Crippen molar-refractivity contribution in [3.8, 4) is 5.75 Å². The van der Waals surface area contributed by atoms with Gasteiger partial charge in [-0.1, -0.05) is 18.2 Å². The van der Waals surface area contributed by atoms with Gasteiger partial charge in [0.25, 0.3) is 5.91 Å². The standard InChI is InChI=1S/C20H22N2O3/c1-4-22-16-12-15(21-18(23)14-8-6-5-7-9-14)10-11-17(16)25-13-20(2,3)19(22)24/h5-12H,4,13H2,1-3H3,(H,21,23). The average Bonchev–Trinajstić information content (AvgIpc) is 2.70. The first kappa shape index (κ1) is 17.0. The lowest BCUT2D eigenvalue weighted by Gasteiger charge is -2.27. The van der Waals surface area contributed by atoms with Gasteiger partial charge in [-0.05, 0) is 51.1 Å². The maximum Gasteiger partial charge on any atom is 0.255 e. The zero-order valence-electron chi connectivity index (χ0n) is 14.7. The number of ether oxygens (including phenoxy) is 1. The van der Waals surface area contributed by atoms with E-state index in [-0.39, 0.29) is 11.8 Å². The van der Waals surface area contributed by atoms with Gasteiger partial charge >= 0.3 is 0 Å². The number of carbonyl (C=O) groups is 2. The third-order valence-electron chi connectivity index (χ3n) is 4.27. The Morgan fingerprint density at radius 2 is 1.92 bits per heavy atom. The molecule has 1 aliphatic heterocycles. The molecular weight excluding hydrogens is 316 g/mol. The van der Waals surface area contributed by atoms with E-state index in [0.717, 1.165) is 0 Å². The normalized spacial score (nSPS) is 15.8. The van der Waals surface area contributed by atoms with E-state index in [1.807, 2.05) is 39.0 Å². The second kappa shape index (κ2) is 6.59. The van der Waals surface area contributed by atoms with Crippen LogP contribution in [0.25, 0.3) is 0 Å². The van der Waals surface area contributed by atoms with Crippen molar-refractivity contribution in [2.75, 3.05) is 23.4 Å². The minimum absolute atomic E-state index is 0.0142. The van der Waals surface area contributed by atoms with Crippen molar-refractivity contribution < 1.29 is 14.3 Å². The highest BCUT2D eigenvalue weighted by Gasteiger charge is 2.37. The summed E-state index contributed by atoms with van der Waals surface area (Å²) in [5, 5.41) is 2.88. The van der Waals surface area contributed by atoms with Crippen molar-refractivity contribution in [1.82, 2.24) is 0 Å². The van der Waals surface area contributed by atoms with E-state index in [0.29, 0.717) is 35.8 Å². The second-order valence-electron chi connectivity index (χ2n) is 6.72. The number of rotatable bonds is 3. The minimum atomic E-state index is -0.595. The zero-order chi connectivity index (χ0) is 18.0. The molecule has 0 spiro atoms. The first-order chi connectivity index (χ1) is 11.9. The molecule has 0 aromatic heterocycles. The fraction of sp³-hybridized carbons (Fsp3) is 0.300. The molecule has 5 nitrogen and oxygen atoms in total. The number of amides is 2. The molecular formula is C20H22N2O3. The average molecular weight is 338 g/mol. The van der Waals surface area contributed by atoms with Crippen molar-refractivity contribution in [3.63, 3.8) is 0 Å². The number of anilines is 2. The highest BCUT2D eigenvalue weighted by atomic mass is 16.5. The predicted molar refractivity (Wildman–Crippen MR) is 98.1 cm³/mol. The topological polar surface area (TPSA) is 58.6 Å². The summed E-state index contributed by atoms with van der Waals surface area (Å²) in [6, 6.07) is 14.4. The van der Waals surface area contributed by atoms with Gasteiger partial charge in [0, 0.05) is 17.8 Å². The van der Waals surface area contributed by atoms with Gasteiger partial charge < -0.3 is 15.0 Å². The van der Waals surface area contributed by atoms with Gasteiger partial charge in [-0.25, -0.2) is 0 Å². The van der Waals surface area contributed by atoms with Crippen molar-refractivity contribution in [2.45, 2.75) is 20.8 Å². The van der Waals surface area contributed by atoms with Crippen molar-refractivity contribution in [1.29, 1.82) is 0 Å². The van der Waals surface area contributed by atoms with E-state index < -0.39 is 5.41 Å². The van der Waals surface area contributed by atoms with Crippen LogP contribution in [-0.2, 0) is 4.79 Å². The van der Waals surface area contributed by atoms with Crippen molar-refractivity contribution in [2.24, 2.45) is 5.41 Å². The Bertz CT molecular complexity index is 800. The molecule has 0 fully saturated rings. The number of nitrogens with zero attached hydrogens (tertiary/aromatic N) is 1. The molecule has 2 aromatic carbocycles. The molecule has 3 rings (SSSR count).